The monoisotopic (exact) mass is 398 g/mol. The third kappa shape index (κ3) is 6.82. The Balaban J connectivity index is 1.79. The van der Waals surface area contributed by atoms with Crippen LogP contribution < -0.4 is 20.3 Å². The summed E-state index contributed by atoms with van der Waals surface area (Å²) >= 11 is 0. The van der Waals surface area contributed by atoms with E-state index in [9.17, 15) is 9.59 Å². The lowest BCUT2D eigenvalue weighted by molar-refractivity contribution is -0.133. The highest BCUT2D eigenvalue weighted by atomic mass is 16.5. The molecule has 0 bridgehead atoms. The van der Waals surface area contributed by atoms with Crippen LogP contribution in [0, 0.1) is 0 Å². The highest BCUT2D eigenvalue weighted by Gasteiger charge is 2.16. The maximum absolute atomic E-state index is 12.1. The summed E-state index contributed by atoms with van der Waals surface area (Å²) < 4.78 is 11.2. The molecule has 0 saturated carbocycles. The molecule has 2 aromatic rings. The Hall–Kier alpha value is -3.02. The summed E-state index contributed by atoms with van der Waals surface area (Å²) in [7, 11) is 0. The predicted molar refractivity (Wildman–Crippen MR) is 113 cm³/mol. The molecule has 156 valence electrons. The van der Waals surface area contributed by atoms with Crippen LogP contribution in [0.4, 0.5) is 0 Å². The number of carbonyl (C=O) groups is 2. The van der Waals surface area contributed by atoms with Crippen molar-refractivity contribution in [3.8, 4) is 11.5 Å². The van der Waals surface area contributed by atoms with Crippen molar-refractivity contribution in [3.05, 3.63) is 59.7 Å². The zero-order valence-electron chi connectivity index (χ0n) is 17.5. The Morgan fingerprint density at radius 2 is 1.66 bits per heavy atom. The lowest BCUT2D eigenvalue weighted by Crippen LogP contribution is -2.48. The van der Waals surface area contributed by atoms with Crippen molar-refractivity contribution >= 4 is 11.8 Å². The SMILES string of the molecule is CCc1ccc(O[C@H](C)C(=O)NNC(=O)COc2ccccc2[C@H](C)CC)cc1. The zero-order valence-corrected chi connectivity index (χ0v) is 17.5. The molecular weight excluding hydrogens is 368 g/mol. The van der Waals surface area contributed by atoms with E-state index < -0.39 is 17.9 Å². The molecule has 2 aromatic carbocycles. The number of amides is 2. The van der Waals surface area contributed by atoms with Gasteiger partial charge in [-0.15, -0.1) is 0 Å². The van der Waals surface area contributed by atoms with Gasteiger partial charge in [0.05, 0.1) is 0 Å². The minimum absolute atomic E-state index is 0.193. The number of rotatable bonds is 9. The van der Waals surface area contributed by atoms with E-state index in [2.05, 4.69) is 31.6 Å². The molecule has 0 radical (unpaired) electrons. The molecule has 0 aliphatic carbocycles. The van der Waals surface area contributed by atoms with E-state index in [1.807, 2.05) is 48.5 Å². The van der Waals surface area contributed by atoms with E-state index >= 15 is 0 Å². The molecule has 0 fully saturated rings. The van der Waals surface area contributed by atoms with Gasteiger partial charge in [0.1, 0.15) is 11.5 Å². The van der Waals surface area contributed by atoms with Gasteiger partial charge in [-0.25, -0.2) is 0 Å². The van der Waals surface area contributed by atoms with Crippen LogP contribution in [0.3, 0.4) is 0 Å². The third-order valence-corrected chi connectivity index (χ3v) is 4.76. The summed E-state index contributed by atoms with van der Waals surface area (Å²) in [5.41, 5.74) is 6.97. The minimum Gasteiger partial charge on any atom is -0.483 e. The summed E-state index contributed by atoms with van der Waals surface area (Å²) in [5.74, 6) is 0.713. The van der Waals surface area contributed by atoms with Crippen LogP contribution in [-0.2, 0) is 16.0 Å². The van der Waals surface area contributed by atoms with Gasteiger partial charge in [0.15, 0.2) is 12.7 Å². The van der Waals surface area contributed by atoms with Crippen molar-refractivity contribution in [1.29, 1.82) is 0 Å². The first-order valence-electron chi connectivity index (χ1n) is 10.0. The van der Waals surface area contributed by atoms with Crippen molar-refractivity contribution < 1.29 is 19.1 Å². The van der Waals surface area contributed by atoms with Crippen LogP contribution in [0.15, 0.2) is 48.5 Å². The van der Waals surface area contributed by atoms with Crippen LogP contribution in [0.5, 0.6) is 11.5 Å². The molecule has 0 aliphatic rings. The number of benzene rings is 2. The average Bonchev–Trinajstić information content (AvgIpc) is 2.76. The van der Waals surface area contributed by atoms with E-state index in [1.165, 1.54) is 5.56 Å². The molecule has 0 aromatic heterocycles. The Morgan fingerprint density at radius 1 is 0.966 bits per heavy atom. The molecule has 0 spiro atoms. The van der Waals surface area contributed by atoms with Crippen LogP contribution in [0.2, 0.25) is 0 Å². The minimum atomic E-state index is -0.755. The second kappa shape index (κ2) is 11.1. The molecule has 2 amide bonds. The van der Waals surface area contributed by atoms with Gasteiger partial charge < -0.3 is 9.47 Å². The van der Waals surface area contributed by atoms with Crippen LogP contribution >= 0.6 is 0 Å². The maximum atomic E-state index is 12.1. The first kappa shape index (κ1) is 22.3. The number of ether oxygens (including phenoxy) is 2. The third-order valence-electron chi connectivity index (χ3n) is 4.76. The highest BCUT2D eigenvalue weighted by Crippen LogP contribution is 2.28. The molecule has 2 atom stereocenters. The summed E-state index contributed by atoms with van der Waals surface area (Å²) in [6, 6.07) is 15.2. The topological polar surface area (TPSA) is 76.7 Å². The van der Waals surface area contributed by atoms with E-state index in [-0.39, 0.29) is 6.61 Å². The van der Waals surface area contributed by atoms with E-state index in [0.717, 1.165) is 18.4 Å². The largest absolute Gasteiger partial charge is 0.483 e. The zero-order chi connectivity index (χ0) is 21.2. The van der Waals surface area contributed by atoms with Gasteiger partial charge in [-0.05, 0) is 55.0 Å². The quantitative estimate of drug-likeness (QED) is 0.631. The standard InChI is InChI=1S/C23H30N2O4/c1-5-16(3)20-9-7-8-10-21(20)28-15-22(26)24-25-23(27)17(4)29-19-13-11-18(6-2)12-14-19/h7-14,16-17H,5-6,15H2,1-4H3,(H,24,26)(H,25,27)/t16-,17-/m1/s1. The molecule has 0 unspecified atom stereocenters. The fourth-order valence-corrected chi connectivity index (χ4v) is 2.71. The molecule has 0 heterocycles. The van der Waals surface area contributed by atoms with Gasteiger partial charge in [0.2, 0.25) is 0 Å². The van der Waals surface area contributed by atoms with E-state index in [0.29, 0.717) is 17.4 Å². The Labute approximate surface area is 172 Å². The maximum Gasteiger partial charge on any atom is 0.279 e. The first-order chi connectivity index (χ1) is 13.9. The molecule has 6 heteroatoms. The lowest BCUT2D eigenvalue weighted by atomic mass is 9.98. The van der Waals surface area contributed by atoms with Gasteiger partial charge in [-0.2, -0.15) is 0 Å². The number of hydrazine groups is 1. The second-order valence-electron chi connectivity index (χ2n) is 6.93. The smallest absolute Gasteiger partial charge is 0.279 e. The number of para-hydroxylation sites is 1. The lowest BCUT2D eigenvalue weighted by Gasteiger charge is -2.17. The summed E-state index contributed by atoms with van der Waals surface area (Å²) in [5, 5.41) is 0. The number of aryl methyl sites for hydroxylation is 1. The van der Waals surface area contributed by atoms with Crippen molar-refractivity contribution in [2.45, 2.75) is 52.6 Å². The number of hydrogen-bond donors (Lipinski definition) is 2. The fraction of sp³-hybridized carbons (Fsp3) is 0.391. The molecule has 2 N–H and O–H groups in total. The predicted octanol–water partition coefficient (Wildman–Crippen LogP) is 3.76. The molecule has 0 saturated heterocycles. The van der Waals surface area contributed by atoms with Crippen molar-refractivity contribution in [3.63, 3.8) is 0 Å². The van der Waals surface area contributed by atoms with Crippen LogP contribution in [0.25, 0.3) is 0 Å². The van der Waals surface area contributed by atoms with Gasteiger partial charge in [-0.1, -0.05) is 51.1 Å². The first-order valence-corrected chi connectivity index (χ1v) is 10.0. The Kier molecular flexibility index (Phi) is 8.52. The van der Waals surface area contributed by atoms with Gasteiger partial charge in [0.25, 0.3) is 11.8 Å². The molecule has 2 rings (SSSR count). The molecule has 6 nitrogen and oxygen atoms in total. The van der Waals surface area contributed by atoms with Crippen molar-refractivity contribution in [2.24, 2.45) is 0 Å². The van der Waals surface area contributed by atoms with Gasteiger partial charge >= 0.3 is 0 Å². The van der Waals surface area contributed by atoms with Crippen molar-refractivity contribution in [1.82, 2.24) is 10.9 Å². The summed E-state index contributed by atoms with van der Waals surface area (Å²) in [4.78, 5) is 24.2. The summed E-state index contributed by atoms with van der Waals surface area (Å²) in [6.07, 6.45) is 1.16. The van der Waals surface area contributed by atoms with Crippen molar-refractivity contribution in [2.75, 3.05) is 6.61 Å². The number of carbonyl (C=O) groups excluding carboxylic acids is 2. The average molecular weight is 399 g/mol. The highest BCUT2D eigenvalue weighted by molar-refractivity contribution is 5.85. The van der Waals surface area contributed by atoms with Crippen LogP contribution in [-0.4, -0.2) is 24.5 Å². The Bertz CT molecular complexity index is 805. The molecule has 29 heavy (non-hydrogen) atoms. The van der Waals surface area contributed by atoms with Gasteiger partial charge in [-0.3, -0.25) is 20.4 Å². The van der Waals surface area contributed by atoms with Crippen LogP contribution in [0.1, 0.15) is 51.2 Å². The summed E-state index contributed by atoms with van der Waals surface area (Å²) in [6.45, 7) is 7.71. The van der Waals surface area contributed by atoms with E-state index in [1.54, 1.807) is 6.92 Å². The number of nitrogens with one attached hydrogen (secondary N) is 2. The fourth-order valence-electron chi connectivity index (χ4n) is 2.71. The Morgan fingerprint density at radius 3 is 2.31 bits per heavy atom. The molecule has 0 aliphatic heterocycles. The normalized spacial score (nSPS) is 12.6. The second-order valence-corrected chi connectivity index (χ2v) is 6.93. The molecular formula is C23H30N2O4. The van der Waals surface area contributed by atoms with E-state index in [4.69, 9.17) is 9.47 Å². The number of hydrogen-bond acceptors (Lipinski definition) is 4. The van der Waals surface area contributed by atoms with Gasteiger partial charge in [0, 0.05) is 0 Å².